The van der Waals surface area contributed by atoms with Crippen LogP contribution in [0.5, 0.6) is 0 Å². The van der Waals surface area contributed by atoms with Crippen LogP contribution in [0.4, 0.5) is 0 Å². The highest BCUT2D eigenvalue weighted by Crippen LogP contribution is 2.32. The molecule has 0 saturated heterocycles. The molecular weight excluding hydrogens is 450 g/mol. The first-order chi connectivity index (χ1) is 17.4. The monoisotopic (exact) mass is 483 g/mol. The summed E-state index contributed by atoms with van der Waals surface area (Å²) >= 11 is 0. The number of ether oxygens (including phenoxy) is 1. The van der Waals surface area contributed by atoms with Gasteiger partial charge in [-0.25, -0.2) is 0 Å². The zero-order chi connectivity index (χ0) is 25.2. The van der Waals surface area contributed by atoms with E-state index >= 15 is 0 Å². The summed E-state index contributed by atoms with van der Waals surface area (Å²) in [5, 5.41) is 5.43. The molecule has 36 heavy (non-hydrogen) atoms. The van der Waals surface area contributed by atoms with Gasteiger partial charge in [0.15, 0.2) is 0 Å². The molecule has 1 amide bonds. The lowest BCUT2D eigenvalue weighted by atomic mass is 9.79. The number of nitrogens with zero attached hydrogens (tertiary/aromatic N) is 2. The van der Waals surface area contributed by atoms with Crippen molar-refractivity contribution in [1.29, 1.82) is 0 Å². The molecule has 1 unspecified atom stereocenters. The number of aryl methyl sites for hydroxylation is 1. The second kappa shape index (κ2) is 10.1. The standard InChI is InChI=1S/C30H33N3O3/c1-19-16-24-14-15-33(18-25-13-12-22-6-4-5-7-27(22)32-25)28(24)26(17-19)29(34)31-20(2)21-8-10-23(11-9-21)30(35)36-3/h4-7,12-17,20-21,23H,8-11,18H2,1-3H3,(H,31,34). The quantitative estimate of drug-likeness (QED) is 0.360. The van der Waals surface area contributed by atoms with Gasteiger partial charge in [0, 0.05) is 23.0 Å². The average molecular weight is 484 g/mol. The molecule has 0 bridgehead atoms. The molecule has 1 saturated carbocycles. The van der Waals surface area contributed by atoms with Crippen molar-refractivity contribution in [3.63, 3.8) is 0 Å². The highest BCUT2D eigenvalue weighted by Gasteiger charge is 2.30. The SMILES string of the molecule is COC(=O)C1CCC(C(C)NC(=O)c2cc(C)cc3ccn(Cc4ccc5ccccc5n4)c23)CC1. The number of methoxy groups -OCH3 is 1. The van der Waals surface area contributed by atoms with E-state index in [0.29, 0.717) is 18.0 Å². The third-order valence-electron chi connectivity index (χ3n) is 7.61. The number of carbonyl (C=O) groups is 2. The van der Waals surface area contributed by atoms with Crippen LogP contribution in [-0.4, -0.2) is 34.6 Å². The lowest BCUT2D eigenvalue weighted by molar-refractivity contribution is -0.146. The first-order valence-corrected chi connectivity index (χ1v) is 12.8. The largest absolute Gasteiger partial charge is 0.469 e. The van der Waals surface area contributed by atoms with E-state index in [1.54, 1.807) is 0 Å². The third kappa shape index (κ3) is 4.85. The fraction of sp³-hybridized carbons (Fsp3) is 0.367. The van der Waals surface area contributed by atoms with Crippen molar-refractivity contribution in [3.05, 3.63) is 77.6 Å². The van der Waals surface area contributed by atoms with Crippen LogP contribution < -0.4 is 5.32 Å². The Morgan fingerprint density at radius 2 is 1.83 bits per heavy atom. The molecular formula is C30H33N3O3. The number of esters is 1. The van der Waals surface area contributed by atoms with Gasteiger partial charge in [-0.3, -0.25) is 14.6 Å². The van der Waals surface area contributed by atoms with Gasteiger partial charge in [-0.15, -0.1) is 0 Å². The van der Waals surface area contributed by atoms with Crippen LogP contribution in [0.15, 0.2) is 60.8 Å². The summed E-state index contributed by atoms with van der Waals surface area (Å²) in [5.74, 6) is 0.160. The van der Waals surface area contributed by atoms with Crippen LogP contribution in [0, 0.1) is 18.8 Å². The van der Waals surface area contributed by atoms with Crippen LogP contribution in [0.1, 0.15) is 54.2 Å². The molecule has 186 valence electrons. The maximum Gasteiger partial charge on any atom is 0.308 e. The minimum absolute atomic E-state index is 0.0162. The van der Waals surface area contributed by atoms with Crippen molar-refractivity contribution < 1.29 is 14.3 Å². The van der Waals surface area contributed by atoms with E-state index in [1.165, 1.54) is 7.11 Å². The first-order valence-electron chi connectivity index (χ1n) is 12.8. The second-order valence-electron chi connectivity index (χ2n) is 10.1. The summed E-state index contributed by atoms with van der Waals surface area (Å²) in [5.41, 5.74) is 4.59. The molecule has 1 aliphatic rings. The third-order valence-corrected chi connectivity index (χ3v) is 7.61. The zero-order valence-corrected chi connectivity index (χ0v) is 21.2. The van der Waals surface area contributed by atoms with Gasteiger partial charge in [0.05, 0.1) is 41.9 Å². The molecule has 0 spiro atoms. The Hall–Kier alpha value is -3.67. The maximum absolute atomic E-state index is 13.5. The van der Waals surface area contributed by atoms with Crippen molar-refractivity contribution >= 4 is 33.7 Å². The number of amides is 1. The minimum Gasteiger partial charge on any atom is -0.469 e. The Labute approximate surface area is 211 Å². The van der Waals surface area contributed by atoms with Crippen LogP contribution >= 0.6 is 0 Å². The Bertz CT molecular complexity index is 1420. The van der Waals surface area contributed by atoms with Crippen molar-refractivity contribution in [3.8, 4) is 0 Å². The van der Waals surface area contributed by atoms with Crippen molar-refractivity contribution in [2.75, 3.05) is 7.11 Å². The normalized spacial score (nSPS) is 18.8. The first kappa shape index (κ1) is 24.0. The summed E-state index contributed by atoms with van der Waals surface area (Å²) in [6.45, 7) is 4.69. The maximum atomic E-state index is 13.5. The number of carbonyl (C=O) groups excluding carboxylic acids is 2. The van der Waals surface area contributed by atoms with Gasteiger partial charge in [0.2, 0.25) is 0 Å². The van der Waals surface area contributed by atoms with Crippen molar-refractivity contribution in [2.45, 2.75) is 52.1 Å². The van der Waals surface area contributed by atoms with Gasteiger partial charge in [0.1, 0.15) is 0 Å². The van der Waals surface area contributed by atoms with E-state index in [-0.39, 0.29) is 23.8 Å². The molecule has 0 aliphatic heterocycles. The molecule has 2 aromatic carbocycles. The smallest absolute Gasteiger partial charge is 0.308 e. The predicted octanol–water partition coefficient (Wildman–Crippen LogP) is 5.64. The molecule has 1 atom stereocenters. The fourth-order valence-electron chi connectivity index (χ4n) is 5.60. The number of hydrogen-bond donors (Lipinski definition) is 1. The fourth-order valence-corrected chi connectivity index (χ4v) is 5.60. The van der Waals surface area contributed by atoms with E-state index in [9.17, 15) is 9.59 Å². The molecule has 2 heterocycles. The van der Waals surface area contributed by atoms with Crippen molar-refractivity contribution in [1.82, 2.24) is 14.9 Å². The molecule has 1 aliphatic carbocycles. The summed E-state index contributed by atoms with van der Waals surface area (Å²) < 4.78 is 7.03. The van der Waals surface area contributed by atoms with Gasteiger partial charge in [0.25, 0.3) is 5.91 Å². The van der Waals surface area contributed by atoms with Gasteiger partial charge in [-0.2, -0.15) is 0 Å². The second-order valence-corrected chi connectivity index (χ2v) is 10.1. The number of rotatable bonds is 6. The number of aromatic nitrogens is 2. The summed E-state index contributed by atoms with van der Waals surface area (Å²) in [6, 6.07) is 18.4. The molecule has 0 radical (unpaired) electrons. The van der Waals surface area contributed by atoms with Gasteiger partial charge >= 0.3 is 5.97 Å². The molecule has 6 nitrogen and oxygen atoms in total. The number of para-hydroxylation sites is 1. The molecule has 4 aromatic rings. The van der Waals surface area contributed by atoms with E-state index in [4.69, 9.17) is 9.72 Å². The average Bonchev–Trinajstić information content (AvgIpc) is 3.29. The lowest BCUT2D eigenvalue weighted by Gasteiger charge is -2.31. The molecule has 5 rings (SSSR count). The molecule has 1 fully saturated rings. The molecule has 1 N–H and O–H groups in total. The Morgan fingerprint density at radius 3 is 2.61 bits per heavy atom. The summed E-state index contributed by atoms with van der Waals surface area (Å²) in [4.78, 5) is 30.2. The lowest BCUT2D eigenvalue weighted by Crippen LogP contribution is -2.40. The Kier molecular flexibility index (Phi) is 6.77. The number of fused-ring (bicyclic) bond motifs is 2. The molecule has 6 heteroatoms. The van der Waals surface area contributed by atoms with Gasteiger partial charge in [-0.1, -0.05) is 24.3 Å². The van der Waals surface area contributed by atoms with E-state index < -0.39 is 0 Å². The van der Waals surface area contributed by atoms with Crippen LogP contribution in [0.3, 0.4) is 0 Å². The number of pyridine rings is 1. The summed E-state index contributed by atoms with van der Waals surface area (Å²) in [7, 11) is 1.45. The summed E-state index contributed by atoms with van der Waals surface area (Å²) in [6.07, 6.45) is 5.49. The van der Waals surface area contributed by atoms with Crippen LogP contribution in [-0.2, 0) is 16.1 Å². The number of benzene rings is 2. The Morgan fingerprint density at radius 1 is 1.06 bits per heavy atom. The van der Waals surface area contributed by atoms with E-state index in [2.05, 4.69) is 47.1 Å². The van der Waals surface area contributed by atoms with Crippen LogP contribution in [0.2, 0.25) is 0 Å². The highest BCUT2D eigenvalue weighted by atomic mass is 16.5. The Balaban J connectivity index is 1.36. The number of hydrogen-bond acceptors (Lipinski definition) is 4. The minimum atomic E-state index is -0.117. The highest BCUT2D eigenvalue weighted by molar-refractivity contribution is 6.06. The van der Waals surface area contributed by atoms with Gasteiger partial charge in [-0.05, 0) is 81.3 Å². The zero-order valence-electron chi connectivity index (χ0n) is 21.2. The van der Waals surface area contributed by atoms with Gasteiger partial charge < -0.3 is 14.6 Å². The van der Waals surface area contributed by atoms with E-state index in [0.717, 1.165) is 58.7 Å². The predicted molar refractivity (Wildman–Crippen MR) is 142 cm³/mol. The van der Waals surface area contributed by atoms with Crippen LogP contribution in [0.25, 0.3) is 21.8 Å². The topological polar surface area (TPSA) is 73.2 Å². The van der Waals surface area contributed by atoms with Crippen molar-refractivity contribution in [2.24, 2.45) is 11.8 Å². The van der Waals surface area contributed by atoms with E-state index in [1.807, 2.05) is 37.4 Å². The number of nitrogens with one attached hydrogen (secondary N) is 1. The molecule has 2 aromatic heterocycles.